The molecule has 1 unspecified atom stereocenters. The molecule has 0 saturated carbocycles. The first-order valence-corrected chi connectivity index (χ1v) is 8.76. The smallest absolute Gasteiger partial charge is 0.303 e. The number of hydrogen-bond acceptors (Lipinski definition) is 3. The van der Waals surface area contributed by atoms with Gasteiger partial charge < -0.3 is 5.11 Å². The molecule has 3 rings (SSSR count). The van der Waals surface area contributed by atoms with Gasteiger partial charge in [-0.2, -0.15) is 5.10 Å². The van der Waals surface area contributed by atoms with E-state index in [2.05, 4.69) is 21.0 Å². The van der Waals surface area contributed by atoms with Gasteiger partial charge in [-0.25, -0.2) is 5.01 Å². The summed E-state index contributed by atoms with van der Waals surface area (Å²) in [4.78, 5) is 23.3. The van der Waals surface area contributed by atoms with Crippen molar-refractivity contribution in [1.29, 1.82) is 0 Å². The Labute approximate surface area is 154 Å². The van der Waals surface area contributed by atoms with Crippen LogP contribution >= 0.6 is 15.9 Å². The quantitative estimate of drug-likeness (QED) is 0.824. The zero-order valence-electron chi connectivity index (χ0n) is 13.4. The molecular weight excluding hydrogens is 384 g/mol. The van der Waals surface area contributed by atoms with Gasteiger partial charge in [0.15, 0.2) is 0 Å². The average molecular weight is 401 g/mol. The van der Waals surface area contributed by atoms with Gasteiger partial charge in [-0.3, -0.25) is 9.59 Å². The summed E-state index contributed by atoms with van der Waals surface area (Å²) in [5.74, 6) is -1.27. The standard InChI is InChI=1S/C19H17BrN2O3/c20-15-8-4-7-14(11-15)17-12-16(13-5-2-1-3-6-13)21-22(17)18(23)9-10-19(24)25/h1-8,11,17H,9-10,12H2,(H,24,25). The minimum Gasteiger partial charge on any atom is -0.481 e. The lowest BCUT2D eigenvalue weighted by molar-refractivity contribution is -0.141. The maximum atomic E-state index is 12.5. The second-order valence-corrected chi connectivity index (χ2v) is 6.74. The lowest BCUT2D eigenvalue weighted by Gasteiger charge is -2.22. The van der Waals surface area contributed by atoms with Crippen molar-refractivity contribution in [3.63, 3.8) is 0 Å². The molecule has 1 N–H and O–H groups in total. The Kier molecular flexibility index (Phi) is 5.28. The number of carbonyl (C=O) groups is 2. The molecular formula is C19H17BrN2O3. The molecule has 1 atom stereocenters. The van der Waals surface area contributed by atoms with Crippen LogP contribution in [-0.2, 0) is 9.59 Å². The Morgan fingerprint density at radius 1 is 1.12 bits per heavy atom. The number of aliphatic carboxylic acids is 1. The summed E-state index contributed by atoms with van der Waals surface area (Å²) in [7, 11) is 0. The van der Waals surface area contributed by atoms with Crippen LogP contribution in [0.2, 0.25) is 0 Å². The lowest BCUT2D eigenvalue weighted by Crippen LogP contribution is -2.27. The van der Waals surface area contributed by atoms with E-state index in [4.69, 9.17) is 5.11 Å². The van der Waals surface area contributed by atoms with Crippen LogP contribution in [0.25, 0.3) is 0 Å². The molecule has 0 aliphatic carbocycles. The van der Waals surface area contributed by atoms with Gasteiger partial charge in [0.2, 0.25) is 5.91 Å². The Balaban J connectivity index is 1.90. The van der Waals surface area contributed by atoms with Crippen LogP contribution in [0.1, 0.15) is 36.4 Å². The highest BCUT2D eigenvalue weighted by atomic mass is 79.9. The van der Waals surface area contributed by atoms with E-state index in [9.17, 15) is 9.59 Å². The Morgan fingerprint density at radius 2 is 1.88 bits per heavy atom. The fourth-order valence-corrected chi connectivity index (χ4v) is 3.26. The molecule has 1 aliphatic rings. The van der Waals surface area contributed by atoms with Crippen LogP contribution in [0, 0.1) is 0 Å². The summed E-state index contributed by atoms with van der Waals surface area (Å²) in [6.07, 6.45) is 0.335. The predicted molar refractivity (Wildman–Crippen MR) is 98.2 cm³/mol. The predicted octanol–water partition coefficient (Wildman–Crippen LogP) is 3.99. The van der Waals surface area contributed by atoms with E-state index < -0.39 is 5.97 Å². The largest absolute Gasteiger partial charge is 0.481 e. The summed E-state index contributed by atoms with van der Waals surface area (Å²) in [5, 5.41) is 14.8. The number of hydrazone groups is 1. The number of rotatable bonds is 5. The first-order chi connectivity index (χ1) is 12.0. The SMILES string of the molecule is O=C(O)CCC(=O)N1N=C(c2ccccc2)CC1c1cccc(Br)c1. The van der Waals surface area contributed by atoms with E-state index in [-0.39, 0.29) is 24.8 Å². The van der Waals surface area contributed by atoms with Gasteiger partial charge in [-0.05, 0) is 23.3 Å². The number of amides is 1. The third-order valence-electron chi connectivity index (χ3n) is 4.06. The summed E-state index contributed by atoms with van der Waals surface area (Å²) in [6.45, 7) is 0. The summed E-state index contributed by atoms with van der Waals surface area (Å²) >= 11 is 3.46. The van der Waals surface area contributed by atoms with Gasteiger partial charge in [-0.15, -0.1) is 0 Å². The lowest BCUT2D eigenvalue weighted by atomic mass is 9.98. The molecule has 1 amide bonds. The maximum Gasteiger partial charge on any atom is 0.303 e. The first kappa shape index (κ1) is 17.4. The Hall–Kier alpha value is -2.47. The van der Waals surface area contributed by atoms with Crippen molar-refractivity contribution >= 4 is 33.5 Å². The fourth-order valence-electron chi connectivity index (χ4n) is 2.85. The summed E-state index contributed by atoms with van der Waals surface area (Å²) < 4.78 is 0.927. The van der Waals surface area contributed by atoms with Crippen molar-refractivity contribution in [3.8, 4) is 0 Å². The van der Waals surface area contributed by atoms with E-state index in [1.807, 2.05) is 54.6 Å². The molecule has 1 heterocycles. The van der Waals surface area contributed by atoms with Crippen LogP contribution in [0.15, 0.2) is 64.2 Å². The highest BCUT2D eigenvalue weighted by molar-refractivity contribution is 9.10. The third-order valence-corrected chi connectivity index (χ3v) is 4.55. The molecule has 6 heteroatoms. The molecule has 0 saturated heterocycles. The molecule has 0 radical (unpaired) electrons. The molecule has 0 aromatic heterocycles. The van der Waals surface area contributed by atoms with Crippen LogP contribution in [0.3, 0.4) is 0 Å². The molecule has 25 heavy (non-hydrogen) atoms. The zero-order valence-corrected chi connectivity index (χ0v) is 15.0. The minimum absolute atomic E-state index is 0.0641. The number of carboxylic acids is 1. The highest BCUT2D eigenvalue weighted by Crippen LogP contribution is 2.34. The average Bonchev–Trinajstić information content (AvgIpc) is 3.06. The van der Waals surface area contributed by atoms with Crippen LogP contribution in [0.5, 0.6) is 0 Å². The van der Waals surface area contributed by atoms with E-state index >= 15 is 0 Å². The van der Waals surface area contributed by atoms with Gasteiger partial charge in [-0.1, -0.05) is 58.4 Å². The summed E-state index contributed by atoms with van der Waals surface area (Å²) in [5.41, 5.74) is 2.76. The zero-order chi connectivity index (χ0) is 17.8. The number of benzene rings is 2. The van der Waals surface area contributed by atoms with Crippen LogP contribution in [0.4, 0.5) is 0 Å². The van der Waals surface area contributed by atoms with Gasteiger partial charge in [0.05, 0.1) is 18.2 Å². The van der Waals surface area contributed by atoms with Crippen LogP contribution < -0.4 is 0 Å². The number of carbonyl (C=O) groups excluding carboxylic acids is 1. The molecule has 128 valence electrons. The third kappa shape index (κ3) is 4.14. The number of carboxylic acid groups (broad SMARTS) is 1. The monoisotopic (exact) mass is 400 g/mol. The van der Waals surface area contributed by atoms with E-state index in [1.54, 1.807) is 0 Å². The summed E-state index contributed by atoms with van der Waals surface area (Å²) in [6, 6.07) is 17.2. The van der Waals surface area contributed by atoms with Gasteiger partial charge >= 0.3 is 5.97 Å². The Bertz CT molecular complexity index is 820. The molecule has 0 fully saturated rings. The van der Waals surface area contributed by atoms with Crippen molar-refractivity contribution in [3.05, 3.63) is 70.2 Å². The van der Waals surface area contributed by atoms with Crippen molar-refractivity contribution in [1.82, 2.24) is 5.01 Å². The van der Waals surface area contributed by atoms with E-state index in [0.29, 0.717) is 6.42 Å². The molecule has 2 aromatic carbocycles. The fraction of sp³-hybridized carbons (Fsp3) is 0.211. The minimum atomic E-state index is -0.987. The highest BCUT2D eigenvalue weighted by Gasteiger charge is 2.33. The number of hydrogen-bond donors (Lipinski definition) is 1. The van der Waals surface area contributed by atoms with E-state index in [1.165, 1.54) is 5.01 Å². The van der Waals surface area contributed by atoms with Gasteiger partial charge in [0, 0.05) is 17.3 Å². The topological polar surface area (TPSA) is 70.0 Å². The number of nitrogens with zero attached hydrogens (tertiary/aromatic N) is 2. The van der Waals surface area contributed by atoms with Crippen LogP contribution in [-0.4, -0.2) is 27.7 Å². The molecule has 2 aromatic rings. The van der Waals surface area contributed by atoms with Gasteiger partial charge in [0.1, 0.15) is 0 Å². The second kappa shape index (κ2) is 7.61. The van der Waals surface area contributed by atoms with E-state index in [0.717, 1.165) is 21.3 Å². The van der Waals surface area contributed by atoms with Crippen molar-refractivity contribution < 1.29 is 14.7 Å². The van der Waals surface area contributed by atoms with Crippen molar-refractivity contribution in [2.45, 2.75) is 25.3 Å². The molecule has 0 bridgehead atoms. The normalized spacial score (nSPS) is 16.6. The molecule has 5 nitrogen and oxygen atoms in total. The molecule has 1 aliphatic heterocycles. The van der Waals surface area contributed by atoms with Crippen molar-refractivity contribution in [2.75, 3.05) is 0 Å². The van der Waals surface area contributed by atoms with Crippen molar-refractivity contribution in [2.24, 2.45) is 5.10 Å². The maximum absolute atomic E-state index is 12.5. The van der Waals surface area contributed by atoms with Gasteiger partial charge in [0.25, 0.3) is 0 Å². The first-order valence-electron chi connectivity index (χ1n) is 7.97. The molecule has 0 spiro atoms. The second-order valence-electron chi connectivity index (χ2n) is 5.82. The Morgan fingerprint density at radius 3 is 2.56 bits per heavy atom. The number of halogens is 1.